The molecule has 1 amide bonds. The van der Waals surface area contributed by atoms with Crippen molar-refractivity contribution in [2.24, 2.45) is 0 Å². The van der Waals surface area contributed by atoms with E-state index in [1.165, 1.54) is 11.8 Å². The standard InChI is InChI=1S/C22H25ClN4O3S/c1-4-27-20(13-30-19-12-15(3)6-11-18(19)23)25-26-22(27)31-14-21(28)24-16-7-9-17(10-8-16)29-5-2/h6-12H,4-5,13-14H2,1-3H3,(H,24,28). The molecule has 7 nitrogen and oxygen atoms in total. The van der Waals surface area contributed by atoms with E-state index < -0.39 is 0 Å². The molecule has 0 radical (unpaired) electrons. The number of ether oxygens (including phenoxy) is 2. The van der Waals surface area contributed by atoms with E-state index in [0.29, 0.717) is 34.9 Å². The summed E-state index contributed by atoms with van der Waals surface area (Å²) >= 11 is 7.52. The van der Waals surface area contributed by atoms with Crippen LogP contribution in [0.5, 0.6) is 11.5 Å². The lowest BCUT2D eigenvalue weighted by Gasteiger charge is -2.10. The van der Waals surface area contributed by atoms with Crippen molar-refractivity contribution >= 4 is 35.0 Å². The molecule has 1 N–H and O–H groups in total. The van der Waals surface area contributed by atoms with Gasteiger partial charge in [0.15, 0.2) is 11.0 Å². The Morgan fingerprint density at radius 1 is 1.13 bits per heavy atom. The van der Waals surface area contributed by atoms with Gasteiger partial charge in [0.25, 0.3) is 0 Å². The second-order valence-corrected chi connectivity index (χ2v) is 8.01. The quantitative estimate of drug-likeness (QED) is 0.430. The molecular weight excluding hydrogens is 436 g/mol. The fourth-order valence-electron chi connectivity index (χ4n) is 2.84. The van der Waals surface area contributed by atoms with Crippen LogP contribution in [-0.4, -0.2) is 33.0 Å². The van der Waals surface area contributed by atoms with Crippen LogP contribution < -0.4 is 14.8 Å². The molecule has 0 atom stereocenters. The Morgan fingerprint density at radius 3 is 2.61 bits per heavy atom. The minimum Gasteiger partial charge on any atom is -0.494 e. The van der Waals surface area contributed by atoms with Gasteiger partial charge >= 0.3 is 0 Å². The number of hydrogen-bond donors (Lipinski definition) is 1. The molecular formula is C22H25ClN4O3S. The first-order chi connectivity index (χ1) is 15.0. The predicted molar refractivity (Wildman–Crippen MR) is 123 cm³/mol. The van der Waals surface area contributed by atoms with Crippen LogP contribution in [0.15, 0.2) is 47.6 Å². The number of carbonyl (C=O) groups excluding carboxylic acids is 1. The van der Waals surface area contributed by atoms with Gasteiger partial charge in [-0.05, 0) is 62.7 Å². The van der Waals surface area contributed by atoms with Gasteiger partial charge in [-0.15, -0.1) is 10.2 Å². The molecule has 3 aromatic rings. The number of amides is 1. The summed E-state index contributed by atoms with van der Waals surface area (Å²) in [5, 5.41) is 12.5. The average molecular weight is 461 g/mol. The van der Waals surface area contributed by atoms with Crippen LogP contribution in [0.2, 0.25) is 5.02 Å². The van der Waals surface area contributed by atoms with Crippen molar-refractivity contribution in [2.75, 3.05) is 17.7 Å². The Morgan fingerprint density at radius 2 is 1.90 bits per heavy atom. The van der Waals surface area contributed by atoms with Gasteiger partial charge in [0.2, 0.25) is 5.91 Å². The van der Waals surface area contributed by atoms with Gasteiger partial charge in [-0.2, -0.15) is 0 Å². The summed E-state index contributed by atoms with van der Waals surface area (Å²) in [6, 6.07) is 12.9. The number of aromatic nitrogens is 3. The predicted octanol–water partition coefficient (Wildman–Crippen LogP) is 4.97. The van der Waals surface area contributed by atoms with Gasteiger partial charge in [0.1, 0.15) is 18.1 Å². The number of anilines is 1. The molecule has 1 aromatic heterocycles. The van der Waals surface area contributed by atoms with Gasteiger partial charge in [-0.1, -0.05) is 29.4 Å². The lowest BCUT2D eigenvalue weighted by molar-refractivity contribution is -0.113. The molecule has 0 unspecified atom stereocenters. The molecule has 0 aliphatic carbocycles. The van der Waals surface area contributed by atoms with E-state index >= 15 is 0 Å². The molecule has 0 saturated heterocycles. The average Bonchev–Trinajstić information content (AvgIpc) is 3.16. The molecule has 3 rings (SSSR count). The molecule has 0 aliphatic heterocycles. The van der Waals surface area contributed by atoms with E-state index in [1.807, 2.05) is 61.7 Å². The van der Waals surface area contributed by atoms with Crippen molar-refractivity contribution in [3.05, 3.63) is 58.9 Å². The van der Waals surface area contributed by atoms with Crippen molar-refractivity contribution < 1.29 is 14.3 Å². The zero-order chi connectivity index (χ0) is 22.2. The van der Waals surface area contributed by atoms with Crippen LogP contribution in [0.1, 0.15) is 25.2 Å². The van der Waals surface area contributed by atoms with Crippen LogP contribution in [0.25, 0.3) is 0 Å². The summed E-state index contributed by atoms with van der Waals surface area (Å²) in [6.45, 7) is 7.41. The topological polar surface area (TPSA) is 78.3 Å². The lowest BCUT2D eigenvalue weighted by Crippen LogP contribution is -2.15. The van der Waals surface area contributed by atoms with Crippen molar-refractivity contribution in [2.45, 2.75) is 39.1 Å². The Bertz CT molecular complexity index is 1020. The monoisotopic (exact) mass is 460 g/mol. The summed E-state index contributed by atoms with van der Waals surface area (Å²) in [7, 11) is 0. The van der Waals surface area contributed by atoms with E-state index in [-0.39, 0.29) is 18.3 Å². The van der Waals surface area contributed by atoms with Gasteiger partial charge in [-0.3, -0.25) is 4.79 Å². The number of hydrogen-bond acceptors (Lipinski definition) is 6. The molecule has 2 aromatic carbocycles. The van der Waals surface area contributed by atoms with Crippen molar-refractivity contribution in [1.82, 2.24) is 14.8 Å². The summed E-state index contributed by atoms with van der Waals surface area (Å²) in [5.41, 5.74) is 1.78. The number of nitrogens with one attached hydrogen (secondary N) is 1. The minimum absolute atomic E-state index is 0.121. The summed E-state index contributed by atoms with van der Waals surface area (Å²) < 4.78 is 13.2. The van der Waals surface area contributed by atoms with E-state index in [9.17, 15) is 4.79 Å². The Hall–Kier alpha value is -2.71. The largest absolute Gasteiger partial charge is 0.494 e. The van der Waals surface area contributed by atoms with Crippen LogP contribution >= 0.6 is 23.4 Å². The van der Waals surface area contributed by atoms with E-state index in [1.54, 1.807) is 6.07 Å². The number of carbonyl (C=O) groups is 1. The Labute approximate surface area is 191 Å². The molecule has 0 bridgehead atoms. The first kappa shape index (κ1) is 23.0. The lowest BCUT2D eigenvalue weighted by atomic mass is 10.2. The molecule has 0 saturated carbocycles. The third-order valence-corrected chi connectivity index (χ3v) is 5.61. The number of halogens is 1. The molecule has 9 heteroatoms. The van der Waals surface area contributed by atoms with Crippen molar-refractivity contribution in [3.63, 3.8) is 0 Å². The number of aryl methyl sites for hydroxylation is 1. The number of nitrogens with zero attached hydrogens (tertiary/aromatic N) is 3. The van der Waals surface area contributed by atoms with Crippen LogP contribution in [0.3, 0.4) is 0 Å². The van der Waals surface area contributed by atoms with E-state index in [2.05, 4.69) is 15.5 Å². The number of rotatable bonds is 10. The highest BCUT2D eigenvalue weighted by molar-refractivity contribution is 7.99. The highest BCUT2D eigenvalue weighted by Gasteiger charge is 2.14. The summed E-state index contributed by atoms with van der Waals surface area (Å²) in [5.74, 6) is 2.15. The second kappa shape index (κ2) is 11.1. The smallest absolute Gasteiger partial charge is 0.234 e. The maximum Gasteiger partial charge on any atom is 0.234 e. The Balaban J connectivity index is 1.56. The molecule has 0 aliphatic rings. The van der Waals surface area contributed by atoms with Crippen molar-refractivity contribution in [1.29, 1.82) is 0 Å². The number of benzene rings is 2. The molecule has 0 fully saturated rings. The van der Waals surface area contributed by atoms with Gasteiger partial charge < -0.3 is 19.4 Å². The number of thioether (sulfide) groups is 1. The second-order valence-electron chi connectivity index (χ2n) is 6.66. The first-order valence-electron chi connectivity index (χ1n) is 9.96. The molecule has 164 valence electrons. The third kappa shape index (κ3) is 6.38. The molecule has 31 heavy (non-hydrogen) atoms. The van der Waals surface area contributed by atoms with Crippen LogP contribution in [-0.2, 0) is 17.9 Å². The fourth-order valence-corrected chi connectivity index (χ4v) is 3.84. The molecule has 0 spiro atoms. The van der Waals surface area contributed by atoms with Crippen LogP contribution in [0, 0.1) is 6.92 Å². The summed E-state index contributed by atoms with van der Waals surface area (Å²) in [4.78, 5) is 12.3. The minimum atomic E-state index is -0.121. The van der Waals surface area contributed by atoms with Crippen molar-refractivity contribution in [3.8, 4) is 11.5 Å². The third-order valence-electron chi connectivity index (χ3n) is 4.33. The normalized spacial score (nSPS) is 10.7. The maximum absolute atomic E-state index is 12.3. The SMILES string of the molecule is CCOc1ccc(NC(=O)CSc2nnc(COc3cc(C)ccc3Cl)n2CC)cc1. The zero-order valence-electron chi connectivity index (χ0n) is 17.7. The summed E-state index contributed by atoms with van der Waals surface area (Å²) in [6.07, 6.45) is 0. The van der Waals surface area contributed by atoms with Gasteiger partial charge in [-0.25, -0.2) is 0 Å². The van der Waals surface area contributed by atoms with Crippen LogP contribution in [0.4, 0.5) is 5.69 Å². The fraction of sp³-hybridized carbons (Fsp3) is 0.318. The van der Waals surface area contributed by atoms with Gasteiger partial charge in [0, 0.05) is 12.2 Å². The van der Waals surface area contributed by atoms with E-state index in [0.717, 1.165) is 17.0 Å². The first-order valence-corrected chi connectivity index (χ1v) is 11.3. The zero-order valence-corrected chi connectivity index (χ0v) is 19.3. The van der Waals surface area contributed by atoms with Gasteiger partial charge in [0.05, 0.1) is 17.4 Å². The highest BCUT2D eigenvalue weighted by atomic mass is 35.5. The van der Waals surface area contributed by atoms with E-state index in [4.69, 9.17) is 21.1 Å². The Kier molecular flexibility index (Phi) is 8.20. The maximum atomic E-state index is 12.3. The molecule has 1 heterocycles. The highest BCUT2D eigenvalue weighted by Crippen LogP contribution is 2.26.